The van der Waals surface area contributed by atoms with Crippen LogP contribution in [0.1, 0.15) is 87.5 Å². The summed E-state index contributed by atoms with van der Waals surface area (Å²) in [4.78, 5) is 12.6. The molecule has 0 aromatic rings. The van der Waals surface area contributed by atoms with Gasteiger partial charge >= 0.3 is 5.97 Å². The van der Waals surface area contributed by atoms with Gasteiger partial charge < -0.3 is 4.74 Å². The third-order valence-electron chi connectivity index (χ3n) is 4.57. The van der Waals surface area contributed by atoms with Crippen LogP contribution in [0.4, 0.5) is 0 Å². The molecule has 0 N–H and O–H groups in total. The molecule has 1 atom stereocenters. The van der Waals surface area contributed by atoms with Crippen LogP contribution in [0.3, 0.4) is 0 Å². The molecule has 0 spiro atoms. The molecule has 1 aliphatic carbocycles. The monoisotopic (exact) mass is 284 g/mol. The second kappa shape index (κ2) is 8.05. The van der Waals surface area contributed by atoms with Crippen molar-refractivity contribution < 1.29 is 9.53 Å². The highest BCUT2D eigenvalue weighted by Crippen LogP contribution is 2.40. The van der Waals surface area contributed by atoms with E-state index in [4.69, 9.17) is 4.74 Å². The summed E-state index contributed by atoms with van der Waals surface area (Å²) < 4.78 is 5.89. The number of hydrogen-bond donors (Lipinski definition) is 0. The normalized spacial score (nSPS) is 20.3. The van der Waals surface area contributed by atoms with Gasteiger partial charge in [0.25, 0.3) is 0 Å². The molecule has 0 aromatic carbocycles. The van der Waals surface area contributed by atoms with Crippen molar-refractivity contribution in [1.82, 2.24) is 0 Å². The first-order valence-electron chi connectivity index (χ1n) is 8.43. The van der Waals surface area contributed by atoms with Gasteiger partial charge in [0.05, 0.1) is 5.41 Å². The fourth-order valence-electron chi connectivity index (χ4n) is 2.97. The third-order valence-corrected chi connectivity index (χ3v) is 4.57. The van der Waals surface area contributed by atoms with Crippen LogP contribution in [0.2, 0.25) is 0 Å². The smallest absolute Gasteiger partial charge is 0.312 e. The molecule has 0 aromatic heterocycles. The van der Waals surface area contributed by atoms with Gasteiger partial charge in [-0.25, -0.2) is 0 Å². The highest BCUT2D eigenvalue weighted by molar-refractivity contribution is 5.77. The molecule has 0 radical (unpaired) electrons. The Labute approximate surface area is 126 Å². The van der Waals surface area contributed by atoms with Gasteiger partial charge in [0.1, 0.15) is 5.60 Å². The maximum atomic E-state index is 12.6. The van der Waals surface area contributed by atoms with E-state index < -0.39 is 0 Å². The van der Waals surface area contributed by atoms with Crippen LogP contribution < -0.4 is 0 Å². The lowest BCUT2D eigenvalue weighted by Gasteiger charge is -2.36. The average Bonchev–Trinajstić information content (AvgIpc) is 2.77. The molecule has 1 unspecified atom stereocenters. The van der Waals surface area contributed by atoms with E-state index in [0.29, 0.717) is 11.8 Å². The molecular formula is C18H36O2. The Morgan fingerprint density at radius 2 is 1.60 bits per heavy atom. The first-order chi connectivity index (χ1) is 9.19. The number of carbonyl (C=O) groups excluding carboxylic acids is 1. The summed E-state index contributed by atoms with van der Waals surface area (Å²) in [6.45, 7) is 16.8. The van der Waals surface area contributed by atoms with Crippen molar-refractivity contribution in [3.63, 3.8) is 0 Å². The SMILES string of the molecule is CC.CC(C)CC(C)(C(=O)OC1(C)CCCC1)C(C)C. The van der Waals surface area contributed by atoms with Crippen LogP contribution >= 0.6 is 0 Å². The van der Waals surface area contributed by atoms with Gasteiger partial charge in [-0.15, -0.1) is 0 Å². The maximum Gasteiger partial charge on any atom is 0.312 e. The van der Waals surface area contributed by atoms with Crippen molar-refractivity contribution in [2.75, 3.05) is 0 Å². The van der Waals surface area contributed by atoms with Gasteiger partial charge in [-0.2, -0.15) is 0 Å². The molecular weight excluding hydrogens is 248 g/mol. The summed E-state index contributed by atoms with van der Waals surface area (Å²) in [6, 6.07) is 0. The quantitative estimate of drug-likeness (QED) is 0.614. The molecule has 120 valence electrons. The van der Waals surface area contributed by atoms with Crippen molar-refractivity contribution in [3.05, 3.63) is 0 Å². The summed E-state index contributed by atoms with van der Waals surface area (Å²) in [5, 5.41) is 0. The standard InChI is InChI=1S/C16H30O2.C2H6/c1-12(2)11-16(6,13(3)4)14(17)18-15(5)9-7-8-10-15;1-2/h12-13H,7-11H2,1-6H3;1-2H3. The minimum atomic E-state index is -0.347. The van der Waals surface area contributed by atoms with Crippen LogP contribution in [0, 0.1) is 17.3 Å². The Morgan fingerprint density at radius 1 is 1.15 bits per heavy atom. The zero-order chi connectivity index (χ0) is 16.0. The molecule has 0 aliphatic heterocycles. The molecule has 2 nitrogen and oxygen atoms in total. The van der Waals surface area contributed by atoms with Crippen molar-refractivity contribution in [2.24, 2.45) is 17.3 Å². The van der Waals surface area contributed by atoms with Gasteiger partial charge in [0, 0.05) is 0 Å². The van der Waals surface area contributed by atoms with Gasteiger partial charge in [0.15, 0.2) is 0 Å². The summed E-state index contributed by atoms with van der Waals surface area (Å²) >= 11 is 0. The van der Waals surface area contributed by atoms with E-state index in [1.807, 2.05) is 13.8 Å². The Kier molecular flexibility index (Phi) is 7.83. The van der Waals surface area contributed by atoms with E-state index in [1.54, 1.807) is 0 Å². The Morgan fingerprint density at radius 3 is 1.95 bits per heavy atom. The lowest BCUT2D eigenvalue weighted by atomic mass is 9.73. The maximum absolute atomic E-state index is 12.6. The minimum Gasteiger partial charge on any atom is -0.459 e. The predicted molar refractivity (Wildman–Crippen MR) is 86.7 cm³/mol. The van der Waals surface area contributed by atoms with Gasteiger partial charge in [-0.1, -0.05) is 41.5 Å². The molecule has 0 amide bonds. The van der Waals surface area contributed by atoms with Gasteiger partial charge in [-0.3, -0.25) is 4.79 Å². The van der Waals surface area contributed by atoms with E-state index in [2.05, 4.69) is 41.5 Å². The Bertz CT molecular complexity index is 288. The zero-order valence-electron chi connectivity index (χ0n) is 15.0. The van der Waals surface area contributed by atoms with Crippen LogP contribution in [0.25, 0.3) is 0 Å². The molecule has 1 saturated carbocycles. The van der Waals surface area contributed by atoms with E-state index in [9.17, 15) is 4.79 Å². The third kappa shape index (κ3) is 5.10. The summed E-state index contributed by atoms with van der Waals surface area (Å²) in [5.74, 6) is 0.842. The number of rotatable bonds is 5. The molecule has 1 aliphatic rings. The summed E-state index contributed by atoms with van der Waals surface area (Å²) in [5.41, 5.74) is -0.552. The highest BCUT2D eigenvalue weighted by atomic mass is 16.6. The molecule has 0 heterocycles. The summed E-state index contributed by atoms with van der Waals surface area (Å²) in [6.07, 6.45) is 5.32. The molecule has 2 heteroatoms. The van der Waals surface area contributed by atoms with Crippen molar-refractivity contribution in [2.45, 2.75) is 93.1 Å². The Hall–Kier alpha value is -0.530. The molecule has 0 bridgehead atoms. The predicted octanol–water partition coefficient (Wildman–Crippen LogP) is 5.60. The molecule has 0 saturated heterocycles. The number of carbonyl (C=O) groups is 1. The van der Waals surface area contributed by atoms with Crippen molar-refractivity contribution >= 4 is 5.97 Å². The largest absolute Gasteiger partial charge is 0.459 e. The second-order valence-corrected chi connectivity index (χ2v) is 7.22. The lowest BCUT2D eigenvalue weighted by Crippen LogP contribution is -2.41. The second-order valence-electron chi connectivity index (χ2n) is 7.22. The fraction of sp³-hybridized carbons (Fsp3) is 0.944. The first-order valence-corrected chi connectivity index (χ1v) is 8.43. The first kappa shape index (κ1) is 19.5. The van der Waals surface area contributed by atoms with E-state index in [0.717, 1.165) is 19.3 Å². The van der Waals surface area contributed by atoms with E-state index in [1.165, 1.54) is 12.8 Å². The zero-order valence-corrected chi connectivity index (χ0v) is 15.0. The lowest BCUT2D eigenvalue weighted by molar-refractivity contribution is -0.173. The van der Waals surface area contributed by atoms with Crippen molar-refractivity contribution in [3.8, 4) is 0 Å². The summed E-state index contributed by atoms with van der Waals surface area (Å²) in [7, 11) is 0. The number of hydrogen-bond acceptors (Lipinski definition) is 2. The van der Waals surface area contributed by atoms with Gasteiger partial charge in [0.2, 0.25) is 0 Å². The molecule has 1 rings (SSSR count). The molecule has 1 fully saturated rings. The highest BCUT2D eigenvalue weighted by Gasteiger charge is 2.43. The van der Waals surface area contributed by atoms with Crippen LogP contribution in [-0.4, -0.2) is 11.6 Å². The van der Waals surface area contributed by atoms with Crippen molar-refractivity contribution in [1.29, 1.82) is 0 Å². The Balaban J connectivity index is 0.00000172. The average molecular weight is 284 g/mol. The van der Waals surface area contributed by atoms with Crippen LogP contribution in [0.15, 0.2) is 0 Å². The number of esters is 1. The fourth-order valence-corrected chi connectivity index (χ4v) is 2.97. The van der Waals surface area contributed by atoms with Crippen LogP contribution in [0.5, 0.6) is 0 Å². The number of ether oxygens (including phenoxy) is 1. The van der Waals surface area contributed by atoms with E-state index in [-0.39, 0.29) is 17.0 Å². The minimum absolute atomic E-state index is 0.00981. The van der Waals surface area contributed by atoms with Crippen LogP contribution in [-0.2, 0) is 9.53 Å². The topological polar surface area (TPSA) is 26.3 Å². The van der Waals surface area contributed by atoms with E-state index >= 15 is 0 Å². The van der Waals surface area contributed by atoms with Gasteiger partial charge in [-0.05, 0) is 57.8 Å². The molecule has 20 heavy (non-hydrogen) atoms.